The number of halogens is 2. The fraction of sp³-hybridized carbons (Fsp3) is 0. The molecule has 0 saturated heterocycles. The van der Waals surface area contributed by atoms with Crippen molar-refractivity contribution in [2.24, 2.45) is 0 Å². The Kier molecular flexibility index (Phi) is 5.02. The average molecular weight is 347 g/mol. The van der Waals surface area contributed by atoms with Crippen LogP contribution in [0.3, 0.4) is 0 Å². The molecule has 0 fully saturated rings. The number of rotatable bonds is 1. The number of nitriles is 1. The van der Waals surface area contributed by atoms with E-state index in [0.717, 1.165) is 8.95 Å². The summed E-state index contributed by atoms with van der Waals surface area (Å²) in [5.74, 6) is 0.675. The number of carbonyl (C=O) groups is 1. The van der Waals surface area contributed by atoms with Crippen LogP contribution >= 0.6 is 31.9 Å². The van der Waals surface area contributed by atoms with Gasteiger partial charge in [-0.1, -0.05) is 0 Å². The molecule has 0 spiro atoms. The molecule has 2 aromatic rings. The van der Waals surface area contributed by atoms with Crippen LogP contribution in [-0.2, 0) is 0 Å². The average Bonchev–Trinajstić information content (AvgIpc) is 2.88. The van der Waals surface area contributed by atoms with Crippen LogP contribution in [0, 0.1) is 11.3 Å². The zero-order valence-corrected chi connectivity index (χ0v) is 11.0. The van der Waals surface area contributed by atoms with Crippen molar-refractivity contribution in [3.05, 3.63) is 45.1 Å². The summed E-state index contributed by atoms with van der Waals surface area (Å²) >= 11 is 6.25. The van der Waals surface area contributed by atoms with Crippen LogP contribution in [0.1, 0.15) is 16.3 Å². The minimum Gasteiger partial charge on any atom is -0.460 e. The van der Waals surface area contributed by atoms with Crippen molar-refractivity contribution in [3.63, 3.8) is 0 Å². The molecule has 2 heterocycles. The highest BCUT2D eigenvalue weighted by molar-refractivity contribution is 9.10. The Morgan fingerprint density at radius 3 is 2.06 bits per heavy atom. The Morgan fingerprint density at radius 2 is 1.81 bits per heavy atom. The first-order valence-corrected chi connectivity index (χ1v) is 5.57. The second kappa shape index (κ2) is 6.30. The normalized spacial score (nSPS) is 8.81. The molecule has 4 nitrogen and oxygen atoms in total. The lowest BCUT2D eigenvalue weighted by Gasteiger charge is -1.68. The topological polar surface area (TPSA) is 67.1 Å². The fourth-order valence-electron chi connectivity index (χ4n) is 0.762. The Bertz CT molecular complexity index is 510. The summed E-state index contributed by atoms with van der Waals surface area (Å²) in [4.78, 5) is 9.91. The third-order valence-electron chi connectivity index (χ3n) is 1.38. The maximum atomic E-state index is 9.91. The number of aldehydes is 1. The van der Waals surface area contributed by atoms with Crippen molar-refractivity contribution >= 4 is 38.1 Å². The van der Waals surface area contributed by atoms with Gasteiger partial charge in [-0.05, 0) is 31.9 Å². The lowest BCUT2D eigenvalue weighted by molar-refractivity contribution is 0.110. The van der Waals surface area contributed by atoms with Gasteiger partial charge < -0.3 is 8.83 Å². The van der Waals surface area contributed by atoms with Gasteiger partial charge in [0.05, 0.1) is 8.95 Å². The minimum absolute atomic E-state index is 0.330. The van der Waals surface area contributed by atoms with Gasteiger partial charge in [0.15, 0.2) is 12.0 Å². The number of hydrogen-bond acceptors (Lipinski definition) is 4. The van der Waals surface area contributed by atoms with E-state index in [4.69, 9.17) is 14.1 Å². The first-order valence-electron chi connectivity index (χ1n) is 3.99. The Balaban J connectivity index is 0.000000160. The van der Waals surface area contributed by atoms with E-state index in [1.807, 2.05) is 6.07 Å². The maximum Gasteiger partial charge on any atom is 0.204 e. The molecule has 0 unspecified atom stereocenters. The highest BCUT2D eigenvalue weighted by atomic mass is 79.9. The lowest BCUT2D eigenvalue weighted by atomic mass is 10.5. The third kappa shape index (κ3) is 4.04. The van der Waals surface area contributed by atoms with E-state index < -0.39 is 0 Å². The van der Waals surface area contributed by atoms with E-state index in [2.05, 4.69) is 31.9 Å². The van der Waals surface area contributed by atoms with Crippen molar-refractivity contribution in [1.82, 2.24) is 0 Å². The van der Waals surface area contributed by atoms with E-state index in [0.29, 0.717) is 17.8 Å². The number of furan rings is 2. The van der Waals surface area contributed by atoms with Gasteiger partial charge in [0.1, 0.15) is 18.6 Å². The van der Waals surface area contributed by atoms with Crippen LogP contribution in [0.15, 0.2) is 42.4 Å². The summed E-state index contributed by atoms with van der Waals surface area (Å²) < 4.78 is 11.0. The molecule has 16 heavy (non-hydrogen) atoms. The van der Waals surface area contributed by atoms with E-state index >= 15 is 0 Å². The second-order valence-electron chi connectivity index (χ2n) is 2.53. The van der Waals surface area contributed by atoms with Gasteiger partial charge in [-0.3, -0.25) is 4.79 Å². The summed E-state index contributed by atoms with van der Waals surface area (Å²) in [5, 5.41) is 8.19. The molecule has 2 rings (SSSR count). The Hall–Kier alpha value is -1.32. The molecule has 0 aromatic carbocycles. The van der Waals surface area contributed by atoms with Crippen LogP contribution in [0.25, 0.3) is 0 Å². The van der Waals surface area contributed by atoms with Crippen LogP contribution in [-0.4, -0.2) is 6.29 Å². The first kappa shape index (κ1) is 12.7. The zero-order valence-electron chi connectivity index (χ0n) is 7.81. The van der Waals surface area contributed by atoms with E-state index in [1.54, 1.807) is 12.1 Å². The van der Waals surface area contributed by atoms with E-state index in [1.165, 1.54) is 12.5 Å². The van der Waals surface area contributed by atoms with Gasteiger partial charge in [-0.2, -0.15) is 5.26 Å². The molecule has 0 atom stereocenters. The number of nitrogens with zero attached hydrogens (tertiary/aromatic N) is 1. The molecule has 82 valence electrons. The molecular weight excluding hydrogens is 342 g/mol. The smallest absolute Gasteiger partial charge is 0.204 e. The predicted octanol–water partition coefficient (Wildman–Crippen LogP) is 3.77. The molecule has 0 N–H and O–H groups in total. The summed E-state index contributed by atoms with van der Waals surface area (Å²) in [6.45, 7) is 0. The molecule has 6 heteroatoms. The van der Waals surface area contributed by atoms with Crippen LogP contribution in [0.5, 0.6) is 0 Å². The lowest BCUT2D eigenvalue weighted by Crippen LogP contribution is -1.65. The molecule has 0 saturated carbocycles. The first-order chi connectivity index (χ1) is 7.65. The number of carbonyl (C=O) groups excluding carboxylic acids is 1. The molecule has 0 aliphatic heterocycles. The van der Waals surface area contributed by atoms with Gasteiger partial charge in [0, 0.05) is 12.1 Å². The molecule has 0 aliphatic rings. The summed E-state index contributed by atoms with van der Waals surface area (Å²) in [7, 11) is 0. The maximum absolute atomic E-state index is 9.91. The largest absolute Gasteiger partial charge is 0.460 e. The van der Waals surface area contributed by atoms with Gasteiger partial charge in [-0.15, -0.1) is 0 Å². The SMILES string of the molecule is N#Cc1cc(Br)co1.O=Cc1cc(Br)co1. The summed E-state index contributed by atoms with van der Waals surface area (Å²) in [5.41, 5.74) is 0. The van der Waals surface area contributed by atoms with Crippen molar-refractivity contribution < 1.29 is 13.6 Å². The third-order valence-corrected chi connectivity index (χ3v) is 2.21. The van der Waals surface area contributed by atoms with Crippen LogP contribution in [0.2, 0.25) is 0 Å². The standard InChI is InChI=1S/C5H2BrNO.C5H3BrO2/c2*6-4-1-5(2-7)8-3-4/h1,3H;1-3H. The molecule has 0 amide bonds. The molecule has 2 aromatic heterocycles. The summed E-state index contributed by atoms with van der Waals surface area (Å²) in [6.07, 6.45) is 3.59. The van der Waals surface area contributed by atoms with Crippen molar-refractivity contribution in [3.8, 4) is 6.07 Å². The monoisotopic (exact) mass is 345 g/mol. The van der Waals surface area contributed by atoms with E-state index in [9.17, 15) is 4.79 Å². The molecule has 0 aliphatic carbocycles. The quantitative estimate of drug-likeness (QED) is 0.737. The van der Waals surface area contributed by atoms with Gasteiger partial charge in [0.25, 0.3) is 0 Å². The molecular formula is C10H5Br2NO3. The predicted molar refractivity (Wildman–Crippen MR) is 62.9 cm³/mol. The van der Waals surface area contributed by atoms with Crippen LogP contribution in [0.4, 0.5) is 0 Å². The van der Waals surface area contributed by atoms with Crippen molar-refractivity contribution in [2.75, 3.05) is 0 Å². The minimum atomic E-state index is 0.330. The Labute approximate surface area is 108 Å². The number of hydrogen-bond donors (Lipinski definition) is 0. The van der Waals surface area contributed by atoms with Gasteiger partial charge in [0.2, 0.25) is 5.76 Å². The van der Waals surface area contributed by atoms with Crippen molar-refractivity contribution in [1.29, 1.82) is 5.26 Å². The zero-order chi connectivity index (χ0) is 12.0. The fourth-order valence-corrected chi connectivity index (χ4v) is 1.38. The molecule has 0 bridgehead atoms. The van der Waals surface area contributed by atoms with Gasteiger partial charge >= 0.3 is 0 Å². The highest BCUT2D eigenvalue weighted by Gasteiger charge is 1.94. The second-order valence-corrected chi connectivity index (χ2v) is 4.36. The Morgan fingerprint density at radius 1 is 1.19 bits per heavy atom. The molecule has 0 radical (unpaired) electrons. The van der Waals surface area contributed by atoms with E-state index in [-0.39, 0.29) is 0 Å². The highest BCUT2D eigenvalue weighted by Crippen LogP contribution is 2.12. The summed E-state index contributed by atoms with van der Waals surface area (Å²) in [6, 6.07) is 5.07. The van der Waals surface area contributed by atoms with Crippen LogP contribution < -0.4 is 0 Å². The van der Waals surface area contributed by atoms with Gasteiger partial charge in [-0.25, -0.2) is 0 Å². The van der Waals surface area contributed by atoms with Crippen molar-refractivity contribution in [2.45, 2.75) is 0 Å².